The molecule has 2 aromatic heterocycles. The number of hydrogen-bond donors (Lipinski definition) is 0. The van der Waals surface area contributed by atoms with Crippen molar-refractivity contribution in [1.82, 2.24) is 14.5 Å². The van der Waals surface area contributed by atoms with E-state index >= 15 is 0 Å². The second kappa shape index (κ2) is 4.74. The van der Waals surface area contributed by atoms with Gasteiger partial charge in [0, 0.05) is 12.7 Å². The number of hydrogen-bond acceptors (Lipinski definition) is 4. The van der Waals surface area contributed by atoms with Crippen LogP contribution in [0.1, 0.15) is 18.3 Å². The molecule has 6 heteroatoms. The third kappa shape index (κ3) is 1.83. The molecule has 1 atom stereocenters. The van der Waals surface area contributed by atoms with Gasteiger partial charge in [0.2, 0.25) is 5.88 Å². The van der Waals surface area contributed by atoms with Crippen LogP contribution >= 0.6 is 11.6 Å². The van der Waals surface area contributed by atoms with E-state index in [-0.39, 0.29) is 6.04 Å². The third-order valence-electron chi connectivity index (χ3n) is 3.18. The van der Waals surface area contributed by atoms with Crippen LogP contribution in [0.4, 0.5) is 0 Å². The third-order valence-corrected chi connectivity index (χ3v) is 3.42. The molecule has 0 saturated carbocycles. The molecule has 0 spiro atoms. The van der Waals surface area contributed by atoms with E-state index in [1.807, 2.05) is 12.1 Å². The number of imidazole rings is 1. The van der Waals surface area contributed by atoms with E-state index in [0.29, 0.717) is 18.4 Å². The zero-order valence-corrected chi connectivity index (χ0v) is 10.9. The monoisotopic (exact) mass is 267 g/mol. The first-order valence-corrected chi connectivity index (χ1v) is 6.42. The summed E-state index contributed by atoms with van der Waals surface area (Å²) in [5.41, 5.74) is 1.67. The quantitative estimate of drug-likeness (QED) is 0.800. The van der Waals surface area contributed by atoms with Gasteiger partial charge in [0.15, 0.2) is 5.65 Å². The van der Waals surface area contributed by atoms with Crippen molar-refractivity contribution >= 4 is 22.8 Å². The summed E-state index contributed by atoms with van der Waals surface area (Å²) in [5.74, 6) is 1.79. The summed E-state index contributed by atoms with van der Waals surface area (Å²) in [5, 5.41) is 0. The maximum Gasteiger partial charge on any atom is 0.215 e. The Hall–Kier alpha value is -1.33. The molecule has 1 unspecified atom stereocenters. The van der Waals surface area contributed by atoms with Gasteiger partial charge in [-0.2, -0.15) is 4.98 Å². The van der Waals surface area contributed by atoms with Crippen LogP contribution in [0.2, 0.25) is 0 Å². The van der Waals surface area contributed by atoms with Gasteiger partial charge in [-0.05, 0) is 12.5 Å². The van der Waals surface area contributed by atoms with Crippen molar-refractivity contribution in [2.45, 2.75) is 18.3 Å². The highest BCUT2D eigenvalue weighted by molar-refractivity contribution is 6.16. The first-order valence-electron chi connectivity index (χ1n) is 5.89. The molecule has 0 N–H and O–H groups in total. The Labute approximate surface area is 110 Å². The summed E-state index contributed by atoms with van der Waals surface area (Å²) in [6.45, 7) is 1.46. The molecule has 1 fully saturated rings. The largest absolute Gasteiger partial charge is 0.481 e. The normalized spacial score (nSPS) is 19.6. The first kappa shape index (κ1) is 11.7. The molecule has 5 nitrogen and oxygen atoms in total. The lowest BCUT2D eigenvalue weighted by Gasteiger charge is -2.13. The predicted octanol–water partition coefficient (Wildman–Crippen LogP) is 2.14. The van der Waals surface area contributed by atoms with Crippen molar-refractivity contribution in [3.05, 3.63) is 18.0 Å². The van der Waals surface area contributed by atoms with Crippen LogP contribution in [0.3, 0.4) is 0 Å². The van der Waals surface area contributed by atoms with Crippen molar-refractivity contribution in [2.75, 3.05) is 20.3 Å². The Morgan fingerprint density at radius 1 is 1.50 bits per heavy atom. The van der Waals surface area contributed by atoms with Gasteiger partial charge in [-0.3, -0.25) is 0 Å². The Bertz CT molecular complexity index is 564. The van der Waals surface area contributed by atoms with Gasteiger partial charge in [0.05, 0.1) is 25.6 Å². The van der Waals surface area contributed by atoms with Crippen LogP contribution in [0, 0.1) is 0 Å². The number of pyridine rings is 1. The lowest BCUT2D eigenvalue weighted by molar-refractivity contribution is 0.186. The molecule has 3 heterocycles. The summed E-state index contributed by atoms with van der Waals surface area (Å²) in [6.07, 6.45) is 0.967. The van der Waals surface area contributed by atoms with E-state index < -0.39 is 0 Å². The minimum Gasteiger partial charge on any atom is -0.481 e. The smallest absolute Gasteiger partial charge is 0.215 e. The van der Waals surface area contributed by atoms with Crippen LogP contribution < -0.4 is 4.74 Å². The van der Waals surface area contributed by atoms with Crippen LogP contribution in [-0.4, -0.2) is 34.9 Å². The molecule has 0 radical (unpaired) electrons. The maximum atomic E-state index is 5.97. The number of nitrogens with zero attached hydrogens (tertiary/aromatic N) is 3. The van der Waals surface area contributed by atoms with Crippen molar-refractivity contribution < 1.29 is 9.47 Å². The van der Waals surface area contributed by atoms with Crippen molar-refractivity contribution in [1.29, 1.82) is 0 Å². The van der Waals surface area contributed by atoms with E-state index in [2.05, 4.69) is 14.5 Å². The summed E-state index contributed by atoms with van der Waals surface area (Å²) < 4.78 is 12.7. The van der Waals surface area contributed by atoms with E-state index in [1.54, 1.807) is 7.11 Å². The average molecular weight is 268 g/mol. The minimum atomic E-state index is 0.267. The molecule has 1 aliphatic rings. The standard InChI is InChI=1S/C12H14ClN3O2/c1-17-11-3-2-9-12(15-11)16(10(6-13)14-9)8-4-5-18-7-8/h2-3,8H,4-7H2,1H3. The summed E-state index contributed by atoms with van der Waals surface area (Å²) in [6, 6.07) is 3.98. The molecule has 1 saturated heterocycles. The molecule has 3 rings (SSSR count). The summed E-state index contributed by atoms with van der Waals surface area (Å²) in [4.78, 5) is 8.98. The Balaban J connectivity index is 2.17. The topological polar surface area (TPSA) is 49.2 Å². The summed E-state index contributed by atoms with van der Waals surface area (Å²) >= 11 is 5.97. The number of ether oxygens (including phenoxy) is 2. The minimum absolute atomic E-state index is 0.267. The predicted molar refractivity (Wildman–Crippen MR) is 68.1 cm³/mol. The number of aromatic nitrogens is 3. The molecule has 0 aliphatic carbocycles. The first-order chi connectivity index (χ1) is 8.83. The molecule has 0 aromatic carbocycles. The van der Waals surface area contributed by atoms with Crippen LogP contribution in [0.5, 0.6) is 5.88 Å². The van der Waals surface area contributed by atoms with Gasteiger partial charge in [0.1, 0.15) is 11.3 Å². The van der Waals surface area contributed by atoms with Gasteiger partial charge in [0.25, 0.3) is 0 Å². The molecule has 2 aromatic rings. The number of halogens is 1. The number of fused-ring (bicyclic) bond motifs is 1. The lowest BCUT2D eigenvalue weighted by Crippen LogP contribution is -2.12. The SMILES string of the molecule is COc1ccc2nc(CCl)n(C3CCOC3)c2n1. The fraction of sp³-hybridized carbons (Fsp3) is 0.500. The maximum absolute atomic E-state index is 5.97. The summed E-state index contributed by atoms with van der Waals surface area (Å²) in [7, 11) is 1.61. The zero-order chi connectivity index (χ0) is 12.5. The molecule has 0 bridgehead atoms. The lowest BCUT2D eigenvalue weighted by atomic mass is 10.2. The molecular weight excluding hydrogens is 254 g/mol. The van der Waals surface area contributed by atoms with Crippen molar-refractivity contribution in [2.24, 2.45) is 0 Å². The number of methoxy groups -OCH3 is 1. The van der Waals surface area contributed by atoms with Gasteiger partial charge in [-0.25, -0.2) is 4.98 Å². The van der Waals surface area contributed by atoms with Gasteiger partial charge in [-0.15, -0.1) is 11.6 Å². The highest BCUT2D eigenvalue weighted by Crippen LogP contribution is 2.27. The Morgan fingerprint density at radius 2 is 2.39 bits per heavy atom. The van der Waals surface area contributed by atoms with Crippen LogP contribution in [-0.2, 0) is 10.6 Å². The van der Waals surface area contributed by atoms with Gasteiger partial charge in [-0.1, -0.05) is 0 Å². The van der Waals surface area contributed by atoms with Crippen LogP contribution in [0.15, 0.2) is 12.1 Å². The zero-order valence-electron chi connectivity index (χ0n) is 10.1. The number of rotatable bonds is 3. The van der Waals surface area contributed by atoms with Gasteiger partial charge < -0.3 is 14.0 Å². The fourth-order valence-corrected chi connectivity index (χ4v) is 2.51. The van der Waals surface area contributed by atoms with E-state index in [9.17, 15) is 0 Å². The fourth-order valence-electron chi connectivity index (χ4n) is 2.32. The average Bonchev–Trinajstić information content (AvgIpc) is 3.03. The van der Waals surface area contributed by atoms with Crippen molar-refractivity contribution in [3.63, 3.8) is 0 Å². The van der Waals surface area contributed by atoms with E-state index in [0.717, 1.165) is 30.0 Å². The highest BCUT2D eigenvalue weighted by Gasteiger charge is 2.23. The van der Waals surface area contributed by atoms with E-state index in [4.69, 9.17) is 21.1 Å². The van der Waals surface area contributed by atoms with E-state index in [1.165, 1.54) is 0 Å². The molecule has 0 amide bonds. The molecular formula is C12H14ClN3O2. The Kier molecular flexibility index (Phi) is 3.09. The Morgan fingerprint density at radius 3 is 3.06 bits per heavy atom. The molecule has 96 valence electrons. The van der Waals surface area contributed by atoms with Crippen molar-refractivity contribution in [3.8, 4) is 5.88 Å². The number of alkyl halides is 1. The van der Waals surface area contributed by atoms with Gasteiger partial charge >= 0.3 is 0 Å². The highest BCUT2D eigenvalue weighted by atomic mass is 35.5. The van der Waals surface area contributed by atoms with Crippen LogP contribution in [0.25, 0.3) is 11.2 Å². The molecule has 18 heavy (non-hydrogen) atoms. The second-order valence-corrected chi connectivity index (χ2v) is 4.51. The second-order valence-electron chi connectivity index (χ2n) is 4.25. The molecule has 1 aliphatic heterocycles.